The first-order chi connectivity index (χ1) is 9.30. The first-order valence-corrected chi connectivity index (χ1v) is 7.53. The van der Waals surface area contributed by atoms with Crippen LogP contribution in [0, 0.1) is 12.3 Å². The van der Waals surface area contributed by atoms with E-state index >= 15 is 0 Å². The maximum absolute atomic E-state index is 10.8. The highest BCUT2D eigenvalue weighted by atomic mass is 16.1. The van der Waals surface area contributed by atoms with E-state index in [0.29, 0.717) is 6.42 Å². The first kappa shape index (κ1) is 15.1. The lowest BCUT2D eigenvalue weighted by molar-refractivity contribution is -0.118. The topological polar surface area (TPSA) is 74.0 Å². The van der Waals surface area contributed by atoms with Crippen molar-refractivity contribution in [2.24, 2.45) is 16.9 Å². The summed E-state index contributed by atoms with van der Waals surface area (Å²) in [6.45, 7) is 7.68. The normalized spacial score (nSPS) is 20.7. The van der Waals surface area contributed by atoms with Gasteiger partial charge in [-0.15, -0.1) is 0 Å². The molecule has 1 aliphatic carbocycles. The van der Waals surface area contributed by atoms with Crippen LogP contribution in [0.4, 0.5) is 0 Å². The van der Waals surface area contributed by atoms with E-state index in [-0.39, 0.29) is 17.4 Å². The Morgan fingerprint density at radius 3 is 2.80 bits per heavy atom. The number of primary amides is 1. The summed E-state index contributed by atoms with van der Waals surface area (Å²) >= 11 is 0. The quantitative estimate of drug-likeness (QED) is 0.811. The third-order valence-electron chi connectivity index (χ3n) is 4.32. The van der Waals surface area contributed by atoms with Gasteiger partial charge >= 0.3 is 0 Å². The fraction of sp³-hybridized carbons (Fsp3) is 0.688. The Morgan fingerprint density at radius 1 is 1.45 bits per heavy atom. The lowest BCUT2D eigenvalue weighted by Crippen LogP contribution is -2.30. The van der Waals surface area contributed by atoms with Crippen LogP contribution in [0.2, 0.25) is 0 Å². The molecule has 1 amide bonds. The highest BCUT2D eigenvalue weighted by molar-refractivity contribution is 5.73. The summed E-state index contributed by atoms with van der Waals surface area (Å²) in [5, 5.41) is 0. The van der Waals surface area contributed by atoms with E-state index in [9.17, 15) is 4.79 Å². The van der Waals surface area contributed by atoms with Gasteiger partial charge in [-0.1, -0.05) is 13.8 Å². The predicted molar refractivity (Wildman–Crippen MR) is 81.2 cm³/mol. The second-order valence-electron chi connectivity index (χ2n) is 6.91. The number of aromatic nitrogens is 1. The second-order valence-corrected chi connectivity index (χ2v) is 6.91. The van der Waals surface area contributed by atoms with Crippen molar-refractivity contribution >= 4 is 5.91 Å². The van der Waals surface area contributed by atoms with Gasteiger partial charge in [0.15, 0.2) is 0 Å². The number of fused-ring (bicyclic) bond motifs is 1. The lowest BCUT2D eigenvalue weighted by Gasteiger charge is -2.34. The molecule has 1 atom stereocenters. The van der Waals surface area contributed by atoms with E-state index in [1.54, 1.807) is 0 Å². The molecular formula is C16H27N3O. The summed E-state index contributed by atoms with van der Waals surface area (Å²) in [5.74, 6) is -0.209. The maximum Gasteiger partial charge on any atom is 0.217 e. The molecule has 4 nitrogen and oxygen atoms in total. The molecule has 0 radical (unpaired) electrons. The van der Waals surface area contributed by atoms with Gasteiger partial charge in [0, 0.05) is 30.4 Å². The molecule has 4 N–H and O–H groups in total. The van der Waals surface area contributed by atoms with E-state index in [2.05, 4.69) is 31.4 Å². The van der Waals surface area contributed by atoms with Gasteiger partial charge in [0.1, 0.15) is 0 Å². The van der Waals surface area contributed by atoms with Gasteiger partial charge in [-0.2, -0.15) is 0 Å². The molecule has 0 fully saturated rings. The molecule has 1 aromatic rings. The lowest BCUT2D eigenvalue weighted by atomic mass is 9.74. The van der Waals surface area contributed by atoms with Crippen molar-refractivity contribution in [3.63, 3.8) is 0 Å². The summed E-state index contributed by atoms with van der Waals surface area (Å²) < 4.78 is 2.39. The zero-order valence-electron chi connectivity index (χ0n) is 12.9. The molecule has 1 aliphatic rings. The Hall–Kier alpha value is -1.29. The van der Waals surface area contributed by atoms with E-state index < -0.39 is 0 Å². The number of unbranched alkanes of at least 4 members (excludes halogenated alkanes) is 1. The Balaban J connectivity index is 2.12. The Kier molecular flexibility index (Phi) is 4.23. The molecular weight excluding hydrogens is 250 g/mol. The molecule has 0 spiro atoms. The van der Waals surface area contributed by atoms with Crippen LogP contribution >= 0.6 is 0 Å². The highest BCUT2D eigenvalue weighted by Gasteiger charge is 2.33. The molecule has 1 heterocycles. The standard InChI is InChI=1S/C16H27N3O/c1-11-8-12-13(17)9-16(2,3)10-14(12)19(11)7-5-4-6-15(18)20/h8,13H,4-7,9-10,17H2,1-3H3,(H2,18,20). The average Bonchev–Trinajstić information content (AvgIpc) is 2.60. The summed E-state index contributed by atoms with van der Waals surface area (Å²) in [5.41, 5.74) is 15.8. The molecule has 0 aromatic carbocycles. The van der Waals surface area contributed by atoms with Crippen molar-refractivity contribution in [3.05, 3.63) is 23.0 Å². The van der Waals surface area contributed by atoms with Crippen LogP contribution in [0.25, 0.3) is 0 Å². The monoisotopic (exact) mass is 277 g/mol. The molecule has 20 heavy (non-hydrogen) atoms. The van der Waals surface area contributed by atoms with Gasteiger partial charge in [0.25, 0.3) is 0 Å². The number of hydrogen-bond donors (Lipinski definition) is 2. The molecule has 2 rings (SSSR count). The van der Waals surface area contributed by atoms with Crippen LogP contribution in [0.15, 0.2) is 6.07 Å². The summed E-state index contributed by atoms with van der Waals surface area (Å²) in [6, 6.07) is 2.39. The molecule has 1 aromatic heterocycles. The molecule has 4 heteroatoms. The van der Waals surface area contributed by atoms with Crippen molar-refractivity contribution in [3.8, 4) is 0 Å². The van der Waals surface area contributed by atoms with Crippen molar-refractivity contribution in [2.75, 3.05) is 0 Å². The maximum atomic E-state index is 10.8. The third kappa shape index (κ3) is 3.23. The van der Waals surface area contributed by atoms with Crippen LogP contribution in [0.3, 0.4) is 0 Å². The Labute approximate surface area is 121 Å². The van der Waals surface area contributed by atoms with Crippen LogP contribution in [-0.2, 0) is 17.8 Å². The van der Waals surface area contributed by atoms with Crippen molar-refractivity contribution < 1.29 is 4.79 Å². The molecule has 112 valence electrons. The Morgan fingerprint density at radius 2 is 2.15 bits per heavy atom. The van der Waals surface area contributed by atoms with Crippen LogP contribution in [0.1, 0.15) is 62.5 Å². The summed E-state index contributed by atoms with van der Waals surface area (Å²) in [4.78, 5) is 10.8. The predicted octanol–water partition coefficient (Wildman–Crippen LogP) is 2.42. The van der Waals surface area contributed by atoms with Gasteiger partial charge in [0.05, 0.1) is 0 Å². The highest BCUT2D eigenvalue weighted by Crippen LogP contribution is 2.40. The minimum atomic E-state index is -0.209. The molecule has 0 bridgehead atoms. The first-order valence-electron chi connectivity index (χ1n) is 7.53. The largest absolute Gasteiger partial charge is 0.370 e. The SMILES string of the molecule is Cc1cc2c(n1CCCCC(N)=O)CC(C)(C)CC2N. The molecule has 0 aliphatic heterocycles. The van der Waals surface area contributed by atoms with Crippen LogP contribution in [-0.4, -0.2) is 10.5 Å². The number of aryl methyl sites for hydroxylation is 1. The van der Waals surface area contributed by atoms with E-state index in [1.165, 1.54) is 17.0 Å². The fourth-order valence-corrected chi connectivity index (χ4v) is 3.38. The summed E-state index contributed by atoms with van der Waals surface area (Å²) in [7, 11) is 0. The molecule has 0 saturated heterocycles. The minimum Gasteiger partial charge on any atom is -0.370 e. The number of nitrogens with zero attached hydrogens (tertiary/aromatic N) is 1. The van der Waals surface area contributed by atoms with Crippen molar-refractivity contribution in [2.45, 2.75) is 65.5 Å². The second kappa shape index (κ2) is 5.60. The zero-order valence-corrected chi connectivity index (χ0v) is 12.9. The summed E-state index contributed by atoms with van der Waals surface area (Å²) in [6.07, 6.45) is 4.45. The molecule has 0 saturated carbocycles. The van der Waals surface area contributed by atoms with Crippen LogP contribution < -0.4 is 11.5 Å². The minimum absolute atomic E-state index is 0.152. The number of nitrogens with two attached hydrogens (primary N) is 2. The van der Waals surface area contributed by atoms with E-state index in [0.717, 1.165) is 32.2 Å². The zero-order chi connectivity index (χ0) is 14.9. The average molecular weight is 277 g/mol. The smallest absolute Gasteiger partial charge is 0.217 e. The van der Waals surface area contributed by atoms with Gasteiger partial charge < -0.3 is 16.0 Å². The Bertz CT molecular complexity index is 502. The van der Waals surface area contributed by atoms with Gasteiger partial charge in [-0.05, 0) is 49.7 Å². The number of rotatable bonds is 5. The van der Waals surface area contributed by atoms with Crippen molar-refractivity contribution in [1.29, 1.82) is 0 Å². The van der Waals surface area contributed by atoms with Gasteiger partial charge in [-0.25, -0.2) is 0 Å². The van der Waals surface area contributed by atoms with Crippen LogP contribution in [0.5, 0.6) is 0 Å². The molecule has 1 unspecified atom stereocenters. The van der Waals surface area contributed by atoms with Gasteiger partial charge in [0.2, 0.25) is 5.91 Å². The number of hydrogen-bond acceptors (Lipinski definition) is 2. The number of amides is 1. The number of carbonyl (C=O) groups is 1. The fourth-order valence-electron chi connectivity index (χ4n) is 3.38. The number of carbonyl (C=O) groups excluding carboxylic acids is 1. The van der Waals surface area contributed by atoms with E-state index in [1.807, 2.05) is 0 Å². The van der Waals surface area contributed by atoms with Crippen molar-refractivity contribution in [1.82, 2.24) is 4.57 Å². The van der Waals surface area contributed by atoms with E-state index in [4.69, 9.17) is 11.5 Å². The van der Waals surface area contributed by atoms with Gasteiger partial charge in [-0.3, -0.25) is 4.79 Å². The third-order valence-corrected chi connectivity index (χ3v) is 4.32.